The lowest BCUT2D eigenvalue weighted by Crippen LogP contribution is -2.34. The summed E-state index contributed by atoms with van der Waals surface area (Å²) in [6.45, 7) is 2.29. The van der Waals surface area contributed by atoms with Crippen LogP contribution in [-0.4, -0.2) is 23.7 Å². The van der Waals surface area contributed by atoms with Crippen molar-refractivity contribution in [1.82, 2.24) is 5.32 Å². The van der Waals surface area contributed by atoms with Crippen LogP contribution in [0.5, 0.6) is 11.5 Å². The minimum Gasteiger partial charge on any atom is -0.504 e. The van der Waals surface area contributed by atoms with Crippen molar-refractivity contribution in [2.45, 2.75) is 31.8 Å². The molecule has 1 aromatic rings. The zero-order chi connectivity index (χ0) is 13.1. The molecular formula is C13H18N2O3. The van der Waals surface area contributed by atoms with Gasteiger partial charge in [-0.1, -0.05) is 6.07 Å². The van der Waals surface area contributed by atoms with Crippen molar-refractivity contribution >= 4 is 5.91 Å². The highest BCUT2D eigenvalue weighted by Gasteiger charge is 2.28. The number of phenolic OH excluding ortho intramolecular Hbond substituents is 1. The molecule has 0 bridgehead atoms. The molecule has 5 nitrogen and oxygen atoms in total. The fourth-order valence-corrected chi connectivity index (χ4v) is 1.81. The van der Waals surface area contributed by atoms with E-state index in [2.05, 4.69) is 5.32 Å². The molecule has 1 amide bonds. The molecule has 0 aliphatic heterocycles. The Morgan fingerprint density at radius 1 is 1.61 bits per heavy atom. The van der Waals surface area contributed by atoms with Gasteiger partial charge in [-0.2, -0.15) is 0 Å². The van der Waals surface area contributed by atoms with Gasteiger partial charge >= 0.3 is 0 Å². The van der Waals surface area contributed by atoms with E-state index in [0.717, 1.165) is 18.4 Å². The van der Waals surface area contributed by atoms with Crippen LogP contribution in [0.1, 0.15) is 31.4 Å². The van der Waals surface area contributed by atoms with Crippen LogP contribution in [0.4, 0.5) is 0 Å². The van der Waals surface area contributed by atoms with E-state index in [1.54, 1.807) is 12.1 Å². The molecule has 98 valence electrons. The van der Waals surface area contributed by atoms with Gasteiger partial charge in [0, 0.05) is 6.04 Å². The number of carbonyl (C=O) groups excluding carboxylic acids is 1. The normalized spacial score (nSPS) is 16.3. The summed E-state index contributed by atoms with van der Waals surface area (Å²) in [5.74, 6) is 0.0177. The minimum absolute atomic E-state index is 0.0650. The first kappa shape index (κ1) is 12.7. The molecule has 1 aliphatic rings. The van der Waals surface area contributed by atoms with Crippen LogP contribution in [0.3, 0.4) is 0 Å². The van der Waals surface area contributed by atoms with Crippen LogP contribution in [-0.2, 0) is 4.79 Å². The molecule has 1 unspecified atom stereocenters. The smallest absolute Gasteiger partial charge is 0.239 e. The number of hydrogen-bond acceptors (Lipinski definition) is 4. The largest absolute Gasteiger partial charge is 0.504 e. The topological polar surface area (TPSA) is 84.6 Å². The summed E-state index contributed by atoms with van der Waals surface area (Å²) in [6.07, 6.45) is 2.14. The minimum atomic E-state index is -0.530. The number of rotatable bonds is 6. The highest BCUT2D eigenvalue weighted by atomic mass is 16.5. The molecule has 1 fully saturated rings. The second-order valence-electron chi connectivity index (χ2n) is 4.44. The van der Waals surface area contributed by atoms with Crippen LogP contribution in [0.25, 0.3) is 0 Å². The Bertz CT molecular complexity index is 444. The maximum absolute atomic E-state index is 11.5. The molecule has 18 heavy (non-hydrogen) atoms. The van der Waals surface area contributed by atoms with Crippen molar-refractivity contribution in [3.63, 3.8) is 0 Å². The van der Waals surface area contributed by atoms with Gasteiger partial charge in [0.25, 0.3) is 0 Å². The Morgan fingerprint density at radius 2 is 2.33 bits per heavy atom. The SMILES string of the molecule is CCOc1cc(C(NC2CC2)C(N)=O)ccc1O. The molecule has 1 aromatic carbocycles. The van der Waals surface area contributed by atoms with E-state index in [4.69, 9.17) is 10.5 Å². The Hall–Kier alpha value is -1.75. The van der Waals surface area contributed by atoms with Crippen LogP contribution < -0.4 is 15.8 Å². The van der Waals surface area contributed by atoms with Crippen molar-refractivity contribution in [1.29, 1.82) is 0 Å². The summed E-state index contributed by atoms with van der Waals surface area (Å²) in [6, 6.07) is 4.70. The molecule has 0 spiro atoms. The third-order valence-electron chi connectivity index (χ3n) is 2.88. The third kappa shape index (κ3) is 2.92. The molecule has 0 aromatic heterocycles. The molecule has 2 rings (SSSR count). The van der Waals surface area contributed by atoms with E-state index in [0.29, 0.717) is 18.4 Å². The number of benzene rings is 1. The van der Waals surface area contributed by atoms with Gasteiger partial charge in [-0.15, -0.1) is 0 Å². The number of nitrogens with two attached hydrogens (primary N) is 1. The molecule has 0 radical (unpaired) electrons. The van der Waals surface area contributed by atoms with Crippen LogP contribution in [0.2, 0.25) is 0 Å². The number of nitrogens with one attached hydrogen (secondary N) is 1. The van der Waals surface area contributed by atoms with E-state index in [9.17, 15) is 9.90 Å². The summed E-state index contributed by atoms with van der Waals surface area (Å²) in [5.41, 5.74) is 6.12. The number of phenols is 1. The van der Waals surface area contributed by atoms with E-state index in [1.807, 2.05) is 6.92 Å². The molecule has 1 saturated carbocycles. The summed E-state index contributed by atoms with van der Waals surface area (Å²) < 4.78 is 5.30. The van der Waals surface area contributed by atoms with Crippen LogP contribution >= 0.6 is 0 Å². The summed E-state index contributed by atoms with van der Waals surface area (Å²) in [5, 5.41) is 12.8. The van der Waals surface area contributed by atoms with Gasteiger partial charge in [0.05, 0.1) is 6.61 Å². The number of carbonyl (C=O) groups is 1. The predicted octanol–water partition coefficient (Wildman–Crippen LogP) is 1.07. The van der Waals surface area contributed by atoms with Crippen LogP contribution in [0, 0.1) is 0 Å². The van der Waals surface area contributed by atoms with Gasteiger partial charge < -0.3 is 15.6 Å². The Labute approximate surface area is 106 Å². The standard InChI is InChI=1S/C13H18N2O3/c1-2-18-11-7-8(3-6-10(11)16)12(13(14)17)15-9-4-5-9/h3,6-7,9,12,15-16H,2,4-5H2,1H3,(H2,14,17). The van der Waals surface area contributed by atoms with E-state index >= 15 is 0 Å². The zero-order valence-corrected chi connectivity index (χ0v) is 10.3. The van der Waals surface area contributed by atoms with Gasteiger partial charge in [0.2, 0.25) is 5.91 Å². The molecule has 1 aliphatic carbocycles. The number of aromatic hydroxyl groups is 1. The molecule has 0 heterocycles. The maximum Gasteiger partial charge on any atom is 0.239 e. The fourth-order valence-electron chi connectivity index (χ4n) is 1.81. The predicted molar refractivity (Wildman–Crippen MR) is 67.4 cm³/mol. The molecule has 4 N–H and O–H groups in total. The van der Waals surface area contributed by atoms with Gasteiger partial charge in [0.15, 0.2) is 11.5 Å². The fraction of sp³-hybridized carbons (Fsp3) is 0.462. The van der Waals surface area contributed by atoms with Crippen molar-refractivity contribution in [2.24, 2.45) is 5.73 Å². The van der Waals surface area contributed by atoms with Crippen LogP contribution in [0.15, 0.2) is 18.2 Å². The number of hydrogen-bond donors (Lipinski definition) is 3. The lowest BCUT2D eigenvalue weighted by atomic mass is 10.1. The van der Waals surface area contributed by atoms with Gasteiger partial charge in [-0.3, -0.25) is 10.1 Å². The first-order valence-electron chi connectivity index (χ1n) is 6.13. The lowest BCUT2D eigenvalue weighted by molar-refractivity contribution is -0.120. The molecular weight excluding hydrogens is 232 g/mol. The average Bonchev–Trinajstić information content (AvgIpc) is 3.13. The van der Waals surface area contributed by atoms with E-state index in [-0.39, 0.29) is 5.75 Å². The highest BCUT2D eigenvalue weighted by molar-refractivity contribution is 5.81. The number of primary amides is 1. The summed E-state index contributed by atoms with van der Waals surface area (Å²) >= 11 is 0. The average molecular weight is 250 g/mol. The summed E-state index contributed by atoms with van der Waals surface area (Å²) in [4.78, 5) is 11.5. The second kappa shape index (κ2) is 5.27. The molecule has 5 heteroatoms. The first-order chi connectivity index (χ1) is 8.61. The molecule has 1 atom stereocenters. The van der Waals surface area contributed by atoms with Gasteiger partial charge in [-0.05, 0) is 37.5 Å². The Morgan fingerprint density at radius 3 is 2.89 bits per heavy atom. The van der Waals surface area contributed by atoms with Gasteiger partial charge in [-0.25, -0.2) is 0 Å². The highest BCUT2D eigenvalue weighted by Crippen LogP contribution is 2.31. The van der Waals surface area contributed by atoms with Crippen molar-refractivity contribution in [3.8, 4) is 11.5 Å². The van der Waals surface area contributed by atoms with Crippen molar-refractivity contribution in [3.05, 3.63) is 23.8 Å². The monoisotopic (exact) mass is 250 g/mol. The zero-order valence-electron chi connectivity index (χ0n) is 10.3. The van der Waals surface area contributed by atoms with Crippen molar-refractivity contribution < 1.29 is 14.6 Å². The van der Waals surface area contributed by atoms with Crippen molar-refractivity contribution in [2.75, 3.05) is 6.61 Å². The van der Waals surface area contributed by atoms with Gasteiger partial charge in [0.1, 0.15) is 6.04 Å². The third-order valence-corrected chi connectivity index (χ3v) is 2.88. The lowest BCUT2D eigenvalue weighted by Gasteiger charge is -2.17. The Balaban J connectivity index is 2.22. The number of ether oxygens (including phenoxy) is 1. The van der Waals surface area contributed by atoms with E-state index in [1.165, 1.54) is 6.07 Å². The maximum atomic E-state index is 11.5. The Kier molecular flexibility index (Phi) is 3.72. The summed E-state index contributed by atoms with van der Waals surface area (Å²) in [7, 11) is 0. The quantitative estimate of drug-likeness (QED) is 0.705. The van der Waals surface area contributed by atoms with E-state index < -0.39 is 11.9 Å². The molecule has 0 saturated heterocycles. The second-order valence-corrected chi connectivity index (χ2v) is 4.44. The first-order valence-corrected chi connectivity index (χ1v) is 6.13. The number of amides is 1.